The highest BCUT2D eigenvalue weighted by Gasteiger charge is 2.04. The standard InChI is InChI=1S/C14H23N5.ClH/c1-4-6-19-11-14(12(3)17-19)9-15-7-13-8-16-18(5-2)10-13;/h8,10-11,15H,4-7,9H2,1-3H3;1H. The van der Waals surface area contributed by atoms with Gasteiger partial charge in [0, 0.05) is 49.7 Å². The van der Waals surface area contributed by atoms with E-state index >= 15 is 0 Å². The highest BCUT2D eigenvalue weighted by atomic mass is 35.5. The summed E-state index contributed by atoms with van der Waals surface area (Å²) in [6.07, 6.45) is 7.26. The minimum atomic E-state index is 0. The largest absolute Gasteiger partial charge is 0.308 e. The van der Waals surface area contributed by atoms with Gasteiger partial charge in [-0.25, -0.2) is 0 Å². The topological polar surface area (TPSA) is 47.7 Å². The van der Waals surface area contributed by atoms with Gasteiger partial charge in [0.15, 0.2) is 0 Å². The number of aryl methyl sites for hydroxylation is 3. The first-order chi connectivity index (χ1) is 9.22. The van der Waals surface area contributed by atoms with Gasteiger partial charge in [-0.05, 0) is 20.3 Å². The molecule has 2 heterocycles. The zero-order valence-electron chi connectivity index (χ0n) is 12.5. The third-order valence-electron chi connectivity index (χ3n) is 3.16. The van der Waals surface area contributed by atoms with Crippen molar-refractivity contribution in [3.8, 4) is 0 Å². The predicted molar refractivity (Wildman–Crippen MR) is 82.9 cm³/mol. The van der Waals surface area contributed by atoms with E-state index in [9.17, 15) is 0 Å². The second kappa shape index (κ2) is 8.07. The number of halogens is 1. The molecule has 0 saturated carbocycles. The van der Waals surface area contributed by atoms with E-state index in [1.807, 2.05) is 15.6 Å². The molecule has 5 nitrogen and oxygen atoms in total. The Labute approximate surface area is 126 Å². The highest BCUT2D eigenvalue weighted by molar-refractivity contribution is 5.85. The maximum Gasteiger partial charge on any atom is 0.0638 e. The molecule has 0 aliphatic carbocycles. The summed E-state index contributed by atoms with van der Waals surface area (Å²) in [7, 11) is 0. The molecule has 0 aliphatic rings. The zero-order chi connectivity index (χ0) is 13.7. The summed E-state index contributed by atoms with van der Waals surface area (Å²) < 4.78 is 3.98. The van der Waals surface area contributed by atoms with Crippen LogP contribution in [0.3, 0.4) is 0 Å². The smallest absolute Gasteiger partial charge is 0.0638 e. The van der Waals surface area contributed by atoms with Gasteiger partial charge in [0.25, 0.3) is 0 Å². The van der Waals surface area contributed by atoms with Crippen LogP contribution in [0.15, 0.2) is 18.6 Å². The second-order valence-electron chi connectivity index (χ2n) is 4.81. The van der Waals surface area contributed by atoms with E-state index in [0.717, 1.165) is 38.3 Å². The van der Waals surface area contributed by atoms with Crippen molar-refractivity contribution >= 4 is 12.4 Å². The Hall–Kier alpha value is -1.33. The Bertz CT molecular complexity index is 517. The van der Waals surface area contributed by atoms with Crippen molar-refractivity contribution in [3.63, 3.8) is 0 Å². The van der Waals surface area contributed by atoms with Crippen molar-refractivity contribution in [2.75, 3.05) is 0 Å². The Morgan fingerprint density at radius 3 is 2.60 bits per heavy atom. The molecule has 0 atom stereocenters. The Morgan fingerprint density at radius 1 is 1.15 bits per heavy atom. The van der Waals surface area contributed by atoms with Crippen LogP contribution in [0.1, 0.15) is 37.1 Å². The number of hydrogen-bond donors (Lipinski definition) is 1. The molecule has 6 heteroatoms. The summed E-state index contributed by atoms with van der Waals surface area (Å²) in [6, 6.07) is 0. The first-order valence-corrected chi connectivity index (χ1v) is 6.98. The van der Waals surface area contributed by atoms with Crippen molar-refractivity contribution in [1.82, 2.24) is 24.9 Å². The molecular weight excluding hydrogens is 274 g/mol. The predicted octanol–water partition coefficient (Wildman–Crippen LogP) is 2.53. The van der Waals surface area contributed by atoms with E-state index < -0.39 is 0 Å². The van der Waals surface area contributed by atoms with Gasteiger partial charge >= 0.3 is 0 Å². The number of nitrogens with one attached hydrogen (secondary N) is 1. The lowest BCUT2D eigenvalue weighted by Crippen LogP contribution is -2.12. The van der Waals surface area contributed by atoms with E-state index in [-0.39, 0.29) is 12.4 Å². The van der Waals surface area contributed by atoms with Crippen LogP contribution in [-0.2, 0) is 26.2 Å². The molecule has 0 unspecified atom stereocenters. The second-order valence-corrected chi connectivity index (χ2v) is 4.81. The molecule has 20 heavy (non-hydrogen) atoms. The SMILES string of the molecule is CCCn1cc(CNCc2cnn(CC)c2)c(C)n1.Cl. The van der Waals surface area contributed by atoms with E-state index in [1.165, 1.54) is 11.1 Å². The lowest BCUT2D eigenvalue weighted by Gasteiger charge is -2.01. The van der Waals surface area contributed by atoms with Crippen LogP contribution in [0.25, 0.3) is 0 Å². The quantitative estimate of drug-likeness (QED) is 0.854. The molecule has 0 saturated heterocycles. The molecule has 0 fully saturated rings. The van der Waals surface area contributed by atoms with Crippen LogP contribution in [0.2, 0.25) is 0 Å². The first-order valence-electron chi connectivity index (χ1n) is 6.98. The summed E-state index contributed by atoms with van der Waals surface area (Å²) >= 11 is 0. The minimum Gasteiger partial charge on any atom is -0.308 e. The number of nitrogens with zero attached hydrogens (tertiary/aromatic N) is 4. The van der Waals surface area contributed by atoms with Crippen LogP contribution < -0.4 is 5.32 Å². The average Bonchev–Trinajstić information content (AvgIpc) is 2.98. The highest BCUT2D eigenvalue weighted by Crippen LogP contribution is 2.06. The normalized spacial score (nSPS) is 10.6. The molecule has 0 spiro atoms. The Balaban J connectivity index is 0.00000200. The van der Waals surface area contributed by atoms with Crippen LogP contribution in [0.5, 0.6) is 0 Å². The van der Waals surface area contributed by atoms with E-state index in [2.05, 4.69) is 48.7 Å². The fraction of sp³-hybridized carbons (Fsp3) is 0.571. The summed E-state index contributed by atoms with van der Waals surface area (Å²) in [5.74, 6) is 0. The Kier molecular flexibility index (Phi) is 6.75. The van der Waals surface area contributed by atoms with Crippen molar-refractivity contribution in [2.45, 2.75) is 53.4 Å². The summed E-state index contributed by atoms with van der Waals surface area (Å²) in [4.78, 5) is 0. The molecule has 2 aromatic heterocycles. The van der Waals surface area contributed by atoms with Gasteiger partial charge in [0.1, 0.15) is 0 Å². The van der Waals surface area contributed by atoms with E-state index in [4.69, 9.17) is 0 Å². The van der Waals surface area contributed by atoms with Crippen molar-refractivity contribution in [3.05, 3.63) is 35.4 Å². The molecule has 0 aromatic carbocycles. The van der Waals surface area contributed by atoms with Crippen LogP contribution in [0, 0.1) is 6.92 Å². The van der Waals surface area contributed by atoms with Crippen molar-refractivity contribution in [2.24, 2.45) is 0 Å². The fourth-order valence-electron chi connectivity index (χ4n) is 2.09. The third-order valence-corrected chi connectivity index (χ3v) is 3.16. The third kappa shape index (κ3) is 4.35. The maximum absolute atomic E-state index is 4.50. The molecule has 0 amide bonds. The summed E-state index contributed by atoms with van der Waals surface area (Å²) in [5.41, 5.74) is 3.61. The van der Waals surface area contributed by atoms with Crippen LogP contribution in [0.4, 0.5) is 0 Å². The molecule has 2 rings (SSSR count). The van der Waals surface area contributed by atoms with Gasteiger partial charge in [0.05, 0.1) is 11.9 Å². The monoisotopic (exact) mass is 297 g/mol. The van der Waals surface area contributed by atoms with Gasteiger partial charge in [-0.2, -0.15) is 10.2 Å². The Morgan fingerprint density at radius 2 is 1.95 bits per heavy atom. The summed E-state index contributed by atoms with van der Waals surface area (Å²) in [6.45, 7) is 9.94. The zero-order valence-corrected chi connectivity index (χ0v) is 13.3. The van der Waals surface area contributed by atoms with Crippen LogP contribution in [-0.4, -0.2) is 19.6 Å². The molecule has 1 N–H and O–H groups in total. The maximum atomic E-state index is 4.50. The van der Waals surface area contributed by atoms with Gasteiger partial charge in [-0.15, -0.1) is 12.4 Å². The van der Waals surface area contributed by atoms with Crippen LogP contribution >= 0.6 is 12.4 Å². The average molecular weight is 298 g/mol. The number of aromatic nitrogens is 4. The van der Waals surface area contributed by atoms with Crippen molar-refractivity contribution in [1.29, 1.82) is 0 Å². The van der Waals surface area contributed by atoms with E-state index in [0.29, 0.717) is 0 Å². The minimum absolute atomic E-state index is 0. The summed E-state index contributed by atoms with van der Waals surface area (Å²) in [5, 5.41) is 12.2. The molecule has 0 radical (unpaired) electrons. The fourth-order valence-corrected chi connectivity index (χ4v) is 2.09. The van der Waals surface area contributed by atoms with Gasteiger partial charge in [0.2, 0.25) is 0 Å². The first kappa shape index (κ1) is 16.7. The molecule has 112 valence electrons. The molecular formula is C14H24ClN5. The van der Waals surface area contributed by atoms with Crippen molar-refractivity contribution < 1.29 is 0 Å². The van der Waals surface area contributed by atoms with E-state index in [1.54, 1.807) is 0 Å². The van der Waals surface area contributed by atoms with Gasteiger partial charge < -0.3 is 5.32 Å². The number of hydrogen-bond acceptors (Lipinski definition) is 3. The number of rotatable bonds is 7. The van der Waals surface area contributed by atoms with Gasteiger partial charge in [-0.1, -0.05) is 6.92 Å². The molecule has 0 aliphatic heterocycles. The lowest BCUT2D eigenvalue weighted by molar-refractivity contribution is 0.597. The molecule has 2 aromatic rings. The lowest BCUT2D eigenvalue weighted by atomic mass is 10.2. The van der Waals surface area contributed by atoms with Gasteiger partial charge in [-0.3, -0.25) is 9.36 Å². The molecule has 0 bridgehead atoms.